The van der Waals surface area contributed by atoms with Crippen LogP contribution in [0.5, 0.6) is 0 Å². The SMILES string of the molecule is C.CCCC.CCCC.CCCC.CCCC.CCCC.CCCC.CCCC.CCCC.CCCC.CCCC.CCCC.CCCC.CCCC.CCCC.CCCC. The van der Waals surface area contributed by atoms with Gasteiger partial charge < -0.3 is 0 Å². The smallest absolute Gasteiger partial charge is 0.0564 e. The molecule has 0 heteroatoms. The van der Waals surface area contributed by atoms with Gasteiger partial charge in [-0.3, -0.25) is 0 Å². The Labute approximate surface area is 406 Å². The molecule has 0 aromatic heterocycles. The molecule has 0 aliphatic heterocycles. The summed E-state index contributed by atoms with van der Waals surface area (Å²) in [5.74, 6) is 0. The predicted octanol–water partition coefficient (Wildman–Crippen LogP) is 27.7. The highest BCUT2D eigenvalue weighted by atomic mass is 13.7. The second-order valence-corrected chi connectivity index (χ2v) is 15.0. The van der Waals surface area contributed by atoms with Crippen molar-refractivity contribution in [3.63, 3.8) is 0 Å². The molecular weight excluding hydrogens is 733 g/mol. The fourth-order valence-electron chi connectivity index (χ4n) is 0. The quantitative estimate of drug-likeness (QED) is 0.154. The summed E-state index contributed by atoms with van der Waals surface area (Å²) in [5, 5.41) is 0. The summed E-state index contributed by atoms with van der Waals surface area (Å²) >= 11 is 0. The van der Waals surface area contributed by atoms with Gasteiger partial charge in [0.25, 0.3) is 0 Å². The second-order valence-electron chi connectivity index (χ2n) is 15.0. The molecule has 0 spiro atoms. The van der Waals surface area contributed by atoms with E-state index in [4.69, 9.17) is 0 Å². The zero-order valence-electron chi connectivity index (χ0n) is 51.2. The first-order valence-corrected chi connectivity index (χ1v) is 28.7. The van der Waals surface area contributed by atoms with Crippen LogP contribution in [0, 0.1) is 0 Å². The van der Waals surface area contributed by atoms with E-state index in [0.717, 1.165) is 0 Å². The highest BCUT2D eigenvalue weighted by Gasteiger charge is 1.61. The van der Waals surface area contributed by atoms with Crippen LogP contribution in [0.15, 0.2) is 0 Å². The maximum absolute atomic E-state index is 2.18. The molecule has 0 aromatic carbocycles. The van der Waals surface area contributed by atoms with E-state index in [-0.39, 0.29) is 7.43 Å². The lowest BCUT2D eigenvalue weighted by Gasteiger charge is -1.68. The monoisotopic (exact) mass is 887 g/mol. The van der Waals surface area contributed by atoms with Gasteiger partial charge in [-0.1, -0.05) is 408 Å². The van der Waals surface area contributed by atoms with E-state index in [1.54, 1.807) is 0 Å². The van der Waals surface area contributed by atoms with Crippen molar-refractivity contribution in [2.75, 3.05) is 0 Å². The van der Waals surface area contributed by atoms with Gasteiger partial charge in [-0.15, -0.1) is 0 Å². The number of hydrogen-bond acceptors (Lipinski definition) is 0. The Balaban J connectivity index is -0.0000000254. The standard InChI is InChI=1S/15C4H10.CH4/c15*1-3-4-2;/h15*3-4H2,1-2H3;1H4. The van der Waals surface area contributed by atoms with Crippen molar-refractivity contribution < 1.29 is 0 Å². The molecule has 398 valence electrons. The van der Waals surface area contributed by atoms with Crippen molar-refractivity contribution in [2.45, 2.75) is 408 Å². The number of unbranched alkanes of at least 4 members (excludes halogenated alkanes) is 15. The van der Waals surface area contributed by atoms with Crippen LogP contribution in [0.2, 0.25) is 0 Å². The number of hydrogen-bond donors (Lipinski definition) is 0. The van der Waals surface area contributed by atoms with Gasteiger partial charge in [0, 0.05) is 0 Å². The van der Waals surface area contributed by atoms with Crippen LogP contribution in [0.25, 0.3) is 0 Å². The molecular formula is C61H154. The van der Waals surface area contributed by atoms with E-state index >= 15 is 0 Å². The summed E-state index contributed by atoms with van der Waals surface area (Å²) in [4.78, 5) is 0. The van der Waals surface area contributed by atoms with E-state index in [9.17, 15) is 0 Å². The molecule has 0 fully saturated rings. The molecule has 0 N–H and O–H groups in total. The van der Waals surface area contributed by atoms with Crippen LogP contribution in [-0.2, 0) is 0 Å². The average Bonchev–Trinajstić information content (AvgIpc) is 3.34. The molecule has 0 nitrogen and oxygen atoms in total. The fourth-order valence-corrected chi connectivity index (χ4v) is 0. The lowest BCUT2D eigenvalue weighted by Crippen LogP contribution is -1.47. The molecule has 0 saturated heterocycles. The predicted molar refractivity (Wildman–Crippen MR) is 315 cm³/mol. The second kappa shape index (κ2) is 232. The molecule has 0 bridgehead atoms. The fraction of sp³-hybridized carbons (Fsp3) is 1.00. The average molecular weight is 888 g/mol. The van der Waals surface area contributed by atoms with Gasteiger partial charge in [-0.25, -0.2) is 0 Å². The van der Waals surface area contributed by atoms with Crippen molar-refractivity contribution >= 4 is 0 Å². The minimum absolute atomic E-state index is 0. The van der Waals surface area contributed by atoms with Gasteiger partial charge in [0.2, 0.25) is 0 Å². The Bertz CT molecular complexity index is 147. The zero-order chi connectivity index (χ0) is 51.2. The summed E-state index contributed by atoms with van der Waals surface area (Å²) < 4.78 is 0. The van der Waals surface area contributed by atoms with Crippen molar-refractivity contribution in [1.29, 1.82) is 0 Å². The van der Waals surface area contributed by atoms with E-state index in [2.05, 4.69) is 208 Å². The molecule has 0 saturated carbocycles. The van der Waals surface area contributed by atoms with Crippen LogP contribution >= 0.6 is 0 Å². The Morgan fingerprint density at radius 3 is 0.0984 bits per heavy atom. The van der Waals surface area contributed by atoms with Crippen LogP contribution in [0.1, 0.15) is 408 Å². The summed E-state index contributed by atoms with van der Waals surface area (Å²) in [5.41, 5.74) is 0. The first-order valence-electron chi connectivity index (χ1n) is 28.7. The van der Waals surface area contributed by atoms with E-state index in [1.165, 1.54) is 193 Å². The van der Waals surface area contributed by atoms with Gasteiger partial charge in [0.1, 0.15) is 0 Å². The molecule has 0 radical (unpaired) electrons. The number of rotatable bonds is 15. The highest BCUT2D eigenvalue weighted by Crippen LogP contribution is 1.82. The van der Waals surface area contributed by atoms with Crippen LogP contribution in [0.4, 0.5) is 0 Å². The van der Waals surface area contributed by atoms with Gasteiger partial charge in [0.15, 0.2) is 0 Å². The normalized spacial score (nSPS) is 7.38. The third kappa shape index (κ3) is 897. The first-order chi connectivity index (χ1) is 28.7. The summed E-state index contributed by atoms with van der Waals surface area (Å²) in [6, 6.07) is 0. The molecule has 0 aliphatic rings. The minimum atomic E-state index is 0. The van der Waals surface area contributed by atoms with Gasteiger partial charge in [0.05, 0.1) is 0 Å². The molecule has 0 aliphatic carbocycles. The highest BCUT2D eigenvalue weighted by molar-refractivity contribution is 4.18. The summed E-state index contributed by atoms with van der Waals surface area (Å²) in [7, 11) is 0. The van der Waals surface area contributed by atoms with Crippen molar-refractivity contribution in [2.24, 2.45) is 0 Å². The largest absolute Gasteiger partial charge is 0.0776 e. The summed E-state index contributed by atoms with van der Waals surface area (Å²) in [6.45, 7) is 65.4. The maximum atomic E-state index is 2.18. The Hall–Kier alpha value is 0. The van der Waals surface area contributed by atoms with Crippen LogP contribution in [0.3, 0.4) is 0 Å². The molecule has 0 amide bonds. The topological polar surface area (TPSA) is 0 Å². The van der Waals surface area contributed by atoms with E-state index in [0.29, 0.717) is 0 Å². The van der Waals surface area contributed by atoms with Crippen LogP contribution < -0.4 is 0 Å². The first kappa shape index (κ1) is 108. The molecule has 0 atom stereocenters. The lowest BCUT2D eigenvalue weighted by molar-refractivity contribution is 0.886. The van der Waals surface area contributed by atoms with Gasteiger partial charge >= 0.3 is 0 Å². The van der Waals surface area contributed by atoms with E-state index < -0.39 is 0 Å². The molecule has 0 aromatic rings. The molecule has 0 heterocycles. The minimum Gasteiger partial charge on any atom is -0.0776 e. The van der Waals surface area contributed by atoms with E-state index in [1.807, 2.05) is 0 Å². The Morgan fingerprint density at radius 2 is 0.0984 bits per heavy atom. The third-order valence-corrected chi connectivity index (χ3v) is 7.50. The van der Waals surface area contributed by atoms with Crippen molar-refractivity contribution in [1.82, 2.24) is 0 Å². The molecule has 0 rings (SSSR count). The summed E-state index contributed by atoms with van der Waals surface area (Å²) in [6.07, 6.45) is 39.6. The van der Waals surface area contributed by atoms with Gasteiger partial charge in [-0.2, -0.15) is 0 Å². The third-order valence-electron chi connectivity index (χ3n) is 7.50. The zero-order valence-corrected chi connectivity index (χ0v) is 51.2. The Kier molecular flexibility index (Phi) is 413. The molecule has 61 heavy (non-hydrogen) atoms. The maximum Gasteiger partial charge on any atom is -0.0564 e. The Morgan fingerprint density at radius 1 is 0.0820 bits per heavy atom. The van der Waals surface area contributed by atoms with Crippen molar-refractivity contribution in [3.8, 4) is 0 Å². The van der Waals surface area contributed by atoms with Crippen LogP contribution in [-0.4, -0.2) is 0 Å². The van der Waals surface area contributed by atoms with Gasteiger partial charge in [-0.05, 0) is 0 Å². The molecule has 0 unspecified atom stereocenters. The van der Waals surface area contributed by atoms with Crippen molar-refractivity contribution in [3.05, 3.63) is 0 Å². The lowest BCUT2D eigenvalue weighted by atomic mass is 10.4.